The zero-order chi connectivity index (χ0) is 37.1. The van der Waals surface area contributed by atoms with Crippen molar-refractivity contribution in [3.8, 4) is 5.75 Å². The van der Waals surface area contributed by atoms with E-state index in [1.54, 1.807) is 7.11 Å². The van der Waals surface area contributed by atoms with Gasteiger partial charge in [0.15, 0.2) is 0 Å². The van der Waals surface area contributed by atoms with Gasteiger partial charge in [-0.1, -0.05) is 53.4 Å². The summed E-state index contributed by atoms with van der Waals surface area (Å²) >= 11 is 0. The average molecular weight is 708 g/mol. The van der Waals surface area contributed by atoms with Crippen molar-refractivity contribution in [2.24, 2.45) is 11.3 Å². The summed E-state index contributed by atoms with van der Waals surface area (Å²) in [6, 6.07) is 0.980. The molecule has 5 rings (SSSR count). The highest BCUT2D eigenvalue weighted by Crippen LogP contribution is 2.40. The lowest BCUT2D eigenvalue weighted by Gasteiger charge is -2.36. The maximum Gasteiger partial charge on any atom is 0.289 e. The number of rotatable bonds is 13. The smallest absolute Gasteiger partial charge is 0.289 e. The standard InChI is InChI=1S/C39H57N5O7/c1-8-12-28(32(46)36(48)40-27-15-16-27)41-35(47)30-21-39(20-29(43-51-39)26-17-23(2)33(50-7)24(3)18-26)22-44(30)37(49)34(38(4,5)6)42-31(45)19-25-13-10-9-11-14-25/h17-18,20,25,27-28,30,34,43H,8-16,19,21-22H2,1-7H3,(H,40,48)(H,41,47)(H,42,45)/t28-,30-,34+,39+/m0/s1. The minimum Gasteiger partial charge on any atom is -0.496 e. The van der Waals surface area contributed by atoms with Crippen LogP contribution < -0.4 is 26.2 Å². The molecule has 1 saturated heterocycles. The minimum atomic E-state index is -1.07. The van der Waals surface area contributed by atoms with Crippen LogP contribution in [-0.2, 0) is 28.8 Å². The first-order valence-electron chi connectivity index (χ1n) is 18.7. The molecule has 4 N–H and O–H groups in total. The molecule has 12 nitrogen and oxygen atoms in total. The highest BCUT2D eigenvalue weighted by Gasteiger charge is 2.54. The summed E-state index contributed by atoms with van der Waals surface area (Å²) < 4.78 is 5.55. The fraction of sp³-hybridized carbons (Fsp3) is 0.667. The van der Waals surface area contributed by atoms with Crippen molar-refractivity contribution in [1.29, 1.82) is 0 Å². The highest BCUT2D eigenvalue weighted by atomic mass is 16.7. The molecule has 1 spiro atoms. The molecule has 4 amide bonds. The third-order valence-electron chi connectivity index (χ3n) is 10.6. The SMILES string of the molecule is CCC[C@H](NC(=O)[C@@H]1C[C@]2(C=C(c3cc(C)c(OC)c(C)c3)NO2)CN1C(=O)[C@@H](NC(=O)CC1CCCCC1)C(C)(C)C)C(=O)C(=O)NC1CC1. The number of nitrogens with one attached hydrogen (secondary N) is 4. The molecule has 2 aliphatic heterocycles. The first kappa shape index (κ1) is 38.3. The van der Waals surface area contributed by atoms with Gasteiger partial charge in [0, 0.05) is 24.4 Å². The molecule has 3 fully saturated rings. The monoisotopic (exact) mass is 707 g/mol. The van der Waals surface area contributed by atoms with Crippen LogP contribution in [0.5, 0.6) is 5.75 Å². The van der Waals surface area contributed by atoms with Gasteiger partial charge in [0.2, 0.25) is 23.5 Å². The number of amides is 4. The van der Waals surface area contributed by atoms with Crippen LogP contribution in [0.15, 0.2) is 18.2 Å². The number of aryl methyl sites for hydroxylation is 2. The van der Waals surface area contributed by atoms with Crippen LogP contribution in [-0.4, -0.2) is 77.7 Å². The molecule has 4 atom stereocenters. The number of methoxy groups -OCH3 is 1. The van der Waals surface area contributed by atoms with Gasteiger partial charge in [0.1, 0.15) is 23.4 Å². The van der Waals surface area contributed by atoms with Crippen molar-refractivity contribution < 1.29 is 33.5 Å². The van der Waals surface area contributed by atoms with Gasteiger partial charge in [-0.15, -0.1) is 0 Å². The number of benzene rings is 1. The van der Waals surface area contributed by atoms with Crippen molar-refractivity contribution in [2.75, 3.05) is 13.7 Å². The van der Waals surface area contributed by atoms with Gasteiger partial charge < -0.3 is 25.6 Å². The lowest BCUT2D eigenvalue weighted by Crippen LogP contribution is -2.59. The molecule has 280 valence electrons. The van der Waals surface area contributed by atoms with Gasteiger partial charge in [-0.2, -0.15) is 0 Å². The fourth-order valence-corrected chi connectivity index (χ4v) is 7.75. The van der Waals surface area contributed by atoms with Crippen LogP contribution in [0, 0.1) is 25.2 Å². The number of Topliss-reactive ketones (excluding diaryl/α,β-unsaturated/α-hetero) is 1. The Morgan fingerprint density at radius 2 is 1.69 bits per heavy atom. The molecule has 0 aromatic heterocycles. The number of ketones is 1. The first-order valence-corrected chi connectivity index (χ1v) is 18.7. The van der Waals surface area contributed by atoms with E-state index in [1.165, 1.54) is 11.3 Å². The third-order valence-corrected chi connectivity index (χ3v) is 10.6. The zero-order valence-corrected chi connectivity index (χ0v) is 31.4. The van der Waals surface area contributed by atoms with E-state index in [4.69, 9.17) is 9.57 Å². The van der Waals surface area contributed by atoms with Crippen molar-refractivity contribution in [2.45, 2.75) is 142 Å². The predicted molar refractivity (Wildman–Crippen MR) is 193 cm³/mol. The number of hydroxylamine groups is 1. The summed E-state index contributed by atoms with van der Waals surface area (Å²) in [5, 5.41) is 8.60. The number of hydrogen-bond donors (Lipinski definition) is 4. The van der Waals surface area contributed by atoms with Crippen molar-refractivity contribution in [1.82, 2.24) is 26.3 Å². The van der Waals surface area contributed by atoms with Gasteiger partial charge in [-0.25, -0.2) is 0 Å². The third kappa shape index (κ3) is 9.12. The number of likely N-dealkylation sites (tertiary alicyclic amines) is 1. The Bertz CT molecular complexity index is 1520. The van der Waals surface area contributed by atoms with E-state index in [1.807, 2.05) is 59.8 Å². The molecule has 0 unspecified atom stereocenters. The molecule has 0 bridgehead atoms. The Balaban J connectivity index is 1.43. The molecule has 51 heavy (non-hydrogen) atoms. The summed E-state index contributed by atoms with van der Waals surface area (Å²) in [5.41, 5.74) is 4.76. The van der Waals surface area contributed by atoms with Gasteiger partial charge in [0.25, 0.3) is 5.91 Å². The van der Waals surface area contributed by atoms with E-state index < -0.39 is 52.6 Å². The van der Waals surface area contributed by atoms with Crippen LogP contribution in [0.25, 0.3) is 5.70 Å². The highest BCUT2D eigenvalue weighted by molar-refractivity contribution is 6.38. The van der Waals surface area contributed by atoms with E-state index in [9.17, 15) is 24.0 Å². The Morgan fingerprint density at radius 1 is 1.02 bits per heavy atom. The molecule has 2 aliphatic carbocycles. The number of carbonyl (C=O) groups is 5. The molecule has 2 heterocycles. The minimum absolute atomic E-state index is 0.00355. The van der Waals surface area contributed by atoms with Gasteiger partial charge in [0.05, 0.1) is 25.4 Å². The summed E-state index contributed by atoms with van der Waals surface area (Å²) in [6.45, 7) is 11.5. The Kier molecular flexibility index (Phi) is 11.8. The molecule has 4 aliphatic rings. The average Bonchev–Trinajstić information content (AvgIpc) is 3.67. The van der Waals surface area contributed by atoms with E-state index in [2.05, 4.69) is 21.4 Å². The van der Waals surface area contributed by atoms with E-state index in [-0.39, 0.29) is 31.3 Å². The zero-order valence-electron chi connectivity index (χ0n) is 31.4. The van der Waals surface area contributed by atoms with Crippen LogP contribution in [0.3, 0.4) is 0 Å². The van der Waals surface area contributed by atoms with Crippen molar-refractivity contribution in [3.63, 3.8) is 0 Å². The summed E-state index contributed by atoms with van der Waals surface area (Å²) in [4.78, 5) is 76.0. The van der Waals surface area contributed by atoms with E-state index in [0.717, 1.165) is 61.0 Å². The van der Waals surface area contributed by atoms with Crippen molar-refractivity contribution >= 4 is 35.1 Å². The van der Waals surface area contributed by atoms with Gasteiger partial charge in [-0.05, 0) is 86.6 Å². The Morgan fingerprint density at radius 3 is 2.27 bits per heavy atom. The number of hydrogen-bond acceptors (Lipinski definition) is 8. The van der Waals surface area contributed by atoms with Crippen LogP contribution in [0.4, 0.5) is 0 Å². The molecule has 1 aromatic rings. The largest absolute Gasteiger partial charge is 0.496 e. The second kappa shape index (κ2) is 15.8. The lowest BCUT2D eigenvalue weighted by atomic mass is 9.84. The second-order valence-corrected chi connectivity index (χ2v) is 16.2. The second-order valence-electron chi connectivity index (χ2n) is 16.2. The van der Waals surface area contributed by atoms with E-state index >= 15 is 0 Å². The van der Waals surface area contributed by atoms with Crippen LogP contribution in [0.2, 0.25) is 0 Å². The molecular weight excluding hydrogens is 650 g/mol. The van der Waals surface area contributed by atoms with Crippen LogP contribution >= 0.6 is 0 Å². The first-order chi connectivity index (χ1) is 24.1. The quantitative estimate of drug-likeness (QED) is 0.223. The molecule has 12 heteroatoms. The number of ether oxygens (including phenoxy) is 1. The van der Waals surface area contributed by atoms with E-state index in [0.29, 0.717) is 24.5 Å². The topological polar surface area (TPSA) is 155 Å². The lowest BCUT2D eigenvalue weighted by molar-refractivity contribution is -0.145. The molecular formula is C39H57N5O7. The van der Waals surface area contributed by atoms with Gasteiger partial charge in [-0.3, -0.25) is 34.3 Å². The predicted octanol–water partition coefficient (Wildman–Crippen LogP) is 4.16. The molecule has 0 radical (unpaired) electrons. The molecule has 1 aromatic carbocycles. The maximum absolute atomic E-state index is 14.7. The Hall–Kier alpha value is -3.93. The number of nitrogens with zero attached hydrogens (tertiary/aromatic N) is 1. The normalized spacial score (nSPS) is 23.2. The van der Waals surface area contributed by atoms with Crippen LogP contribution in [0.1, 0.15) is 115 Å². The van der Waals surface area contributed by atoms with Gasteiger partial charge >= 0.3 is 0 Å². The Labute approximate surface area is 302 Å². The maximum atomic E-state index is 14.7. The summed E-state index contributed by atoms with van der Waals surface area (Å²) in [5.74, 6) is -1.44. The molecule has 2 saturated carbocycles. The van der Waals surface area contributed by atoms with Crippen molar-refractivity contribution in [3.05, 3.63) is 34.9 Å². The summed E-state index contributed by atoms with van der Waals surface area (Å²) in [7, 11) is 1.64. The fourth-order valence-electron chi connectivity index (χ4n) is 7.75. The number of carbonyl (C=O) groups excluding carboxylic acids is 5. The summed E-state index contributed by atoms with van der Waals surface area (Å²) in [6.07, 6.45) is 10.3.